The predicted molar refractivity (Wildman–Crippen MR) is 99.1 cm³/mol. The summed E-state index contributed by atoms with van der Waals surface area (Å²) >= 11 is 0. The van der Waals surface area contributed by atoms with E-state index in [1.54, 1.807) is 18.2 Å². The topological polar surface area (TPSA) is 86.1 Å². The third kappa shape index (κ3) is 3.13. The highest BCUT2D eigenvalue weighted by Crippen LogP contribution is 2.29. The van der Waals surface area contributed by atoms with E-state index >= 15 is 0 Å². The van der Waals surface area contributed by atoms with E-state index in [-0.39, 0.29) is 17.1 Å². The first-order valence-corrected chi connectivity index (χ1v) is 8.80. The maximum atomic E-state index is 14.2. The largest absolute Gasteiger partial charge is 0.465 e. The predicted octanol–water partition coefficient (Wildman–Crippen LogP) is 2.93. The van der Waals surface area contributed by atoms with Gasteiger partial charge < -0.3 is 10.1 Å². The molecule has 1 aliphatic rings. The molecule has 3 aromatic rings. The molecule has 0 atom stereocenters. The average molecular weight is 380 g/mol. The molecule has 0 spiro atoms. The number of hydrogen-bond donors (Lipinski definition) is 1. The van der Waals surface area contributed by atoms with Crippen molar-refractivity contribution in [2.24, 2.45) is 0 Å². The molecule has 4 rings (SSSR count). The molecule has 1 aromatic carbocycles. The molecule has 1 N–H and O–H groups in total. The Balaban J connectivity index is 1.67. The van der Waals surface area contributed by atoms with Gasteiger partial charge in [0.1, 0.15) is 17.3 Å². The van der Waals surface area contributed by atoms with E-state index in [2.05, 4.69) is 20.1 Å². The zero-order valence-electron chi connectivity index (χ0n) is 15.1. The molecule has 1 amide bonds. The maximum absolute atomic E-state index is 14.2. The molecule has 0 bridgehead atoms. The Kier molecular flexibility index (Phi) is 4.60. The van der Waals surface area contributed by atoms with E-state index in [4.69, 9.17) is 0 Å². The van der Waals surface area contributed by atoms with Crippen LogP contribution in [0.1, 0.15) is 38.5 Å². The number of hydrogen-bond acceptors (Lipinski definition) is 5. The number of halogens is 1. The molecule has 0 unspecified atom stereocenters. The monoisotopic (exact) mass is 380 g/mol. The van der Waals surface area contributed by atoms with Gasteiger partial charge in [-0.25, -0.2) is 18.9 Å². The van der Waals surface area contributed by atoms with Gasteiger partial charge in [-0.2, -0.15) is 5.10 Å². The van der Waals surface area contributed by atoms with Crippen molar-refractivity contribution >= 4 is 17.7 Å². The Hall–Kier alpha value is -3.55. The van der Waals surface area contributed by atoms with E-state index in [1.165, 1.54) is 36.2 Å². The zero-order valence-corrected chi connectivity index (χ0v) is 15.1. The number of nitrogens with one attached hydrogen (secondary N) is 1. The second-order valence-electron chi connectivity index (χ2n) is 6.37. The summed E-state index contributed by atoms with van der Waals surface area (Å²) in [6.07, 6.45) is 3.70. The highest BCUT2D eigenvalue weighted by molar-refractivity contribution is 6.04. The lowest BCUT2D eigenvalue weighted by atomic mass is 10.2. The van der Waals surface area contributed by atoms with E-state index in [1.807, 2.05) is 0 Å². The molecular weight excluding hydrogens is 363 g/mol. The molecule has 0 radical (unpaired) electrons. The van der Waals surface area contributed by atoms with Crippen molar-refractivity contribution in [1.82, 2.24) is 14.8 Å². The summed E-state index contributed by atoms with van der Waals surface area (Å²) in [6, 6.07) is 9.24. The van der Waals surface area contributed by atoms with E-state index in [0.717, 1.165) is 24.1 Å². The van der Waals surface area contributed by atoms with Gasteiger partial charge in [-0.3, -0.25) is 4.79 Å². The van der Waals surface area contributed by atoms with Crippen molar-refractivity contribution in [3.63, 3.8) is 0 Å². The normalized spacial score (nSPS) is 12.5. The van der Waals surface area contributed by atoms with Crippen molar-refractivity contribution in [2.45, 2.75) is 19.3 Å². The number of fused-ring (bicyclic) bond motifs is 1. The quantitative estimate of drug-likeness (QED) is 0.704. The molecular formula is C20H17FN4O3. The van der Waals surface area contributed by atoms with Gasteiger partial charge in [0.25, 0.3) is 5.91 Å². The number of benzene rings is 1. The van der Waals surface area contributed by atoms with Crippen LogP contribution in [0.3, 0.4) is 0 Å². The van der Waals surface area contributed by atoms with Crippen LogP contribution in [0.5, 0.6) is 0 Å². The van der Waals surface area contributed by atoms with Gasteiger partial charge in [0, 0.05) is 17.5 Å². The van der Waals surface area contributed by atoms with Crippen LogP contribution in [-0.2, 0) is 17.6 Å². The smallest absolute Gasteiger partial charge is 0.338 e. The summed E-state index contributed by atoms with van der Waals surface area (Å²) < 4.78 is 20.4. The van der Waals surface area contributed by atoms with Gasteiger partial charge in [-0.05, 0) is 43.5 Å². The van der Waals surface area contributed by atoms with Gasteiger partial charge in [-0.15, -0.1) is 0 Å². The van der Waals surface area contributed by atoms with Crippen LogP contribution >= 0.6 is 0 Å². The second-order valence-corrected chi connectivity index (χ2v) is 6.37. The van der Waals surface area contributed by atoms with Gasteiger partial charge in [-0.1, -0.05) is 12.1 Å². The number of nitrogens with zero attached hydrogens (tertiary/aromatic N) is 3. The number of esters is 1. The Bertz CT molecular complexity index is 1080. The first-order chi connectivity index (χ1) is 13.6. The first kappa shape index (κ1) is 17.8. The van der Waals surface area contributed by atoms with Gasteiger partial charge in [0.05, 0.1) is 12.7 Å². The minimum absolute atomic E-state index is 0.208. The maximum Gasteiger partial charge on any atom is 0.338 e. The Morgan fingerprint density at radius 3 is 2.82 bits per heavy atom. The van der Waals surface area contributed by atoms with Crippen molar-refractivity contribution in [2.75, 3.05) is 12.4 Å². The Morgan fingerprint density at radius 2 is 2.04 bits per heavy atom. The van der Waals surface area contributed by atoms with Crippen molar-refractivity contribution in [1.29, 1.82) is 0 Å². The molecule has 0 saturated heterocycles. The number of para-hydroxylation sites is 1. The molecule has 28 heavy (non-hydrogen) atoms. The fourth-order valence-electron chi connectivity index (χ4n) is 3.36. The van der Waals surface area contributed by atoms with E-state index in [0.29, 0.717) is 12.1 Å². The molecule has 8 heteroatoms. The first-order valence-electron chi connectivity index (χ1n) is 8.80. The fraction of sp³-hybridized carbons (Fsp3) is 0.200. The van der Waals surface area contributed by atoms with Crippen LogP contribution in [0.25, 0.3) is 5.69 Å². The molecule has 2 aromatic heterocycles. The summed E-state index contributed by atoms with van der Waals surface area (Å²) in [7, 11) is 1.28. The van der Waals surface area contributed by atoms with E-state index in [9.17, 15) is 14.0 Å². The lowest BCUT2D eigenvalue weighted by Gasteiger charge is -2.06. The average Bonchev–Trinajstić information content (AvgIpc) is 3.31. The molecule has 7 nitrogen and oxygen atoms in total. The second kappa shape index (κ2) is 7.22. The van der Waals surface area contributed by atoms with Crippen LogP contribution in [-0.4, -0.2) is 33.8 Å². The highest BCUT2D eigenvalue weighted by atomic mass is 19.1. The van der Waals surface area contributed by atoms with Crippen LogP contribution in [0, 0.1) is 5.82 Å². The molecule has 2 heterocycles. The summed E-state index contributed by atoms with van der Waals surface area (Å²) in [5.74, 6) is -1.18. The van der Waals surface area contributed by atoms with Crippen molar-refractivity contribution in [3.8, 4) is 5.69 Å². The molecule has 142 valence electrons. The standard InChI is InChI=1S/C20H17FN4O3/c1-28-20(27)12-9-10-22-17(11-12)23-19(26)18-13-5-4-8-15(13)25(24-18)16-7-3-2-6-14(16)21/h2-3,6-7,9-11H,4-5,8H2,1H3,(H,22,23,26). The van der Waals surface area contributed by atoms with Gasteiger partial charge in [0.15, 0.2) is 5.69 Å². The molecule has 1 aliphatic carbocycles. The summed E-state index contributed by atoms with van der Waals surface area (Å²) in [6.45, 7) is 0. The van der Waals surface area contributed by atoms with Crippen LogP contribution in [0.15, 0.2) is 42.6 Å². The number of pyridine rings is 1. The zero-order chi connectivity index (χ0) is 19.7. The van der Waals surface area contributed by atoms with Crippen molar-refractivity contribution in [3.05, 3.63) is 70.9 Å². The fourth-order valence-corrected chi connectivity index (χ4v) is 3.36. The minimum Gasteiger partial charge on any atom is -0.465 e. The summed E-state index contributed by atoms with van der Waals surface area (Å²) in [5.41, 5.74) is 2.47. The number of aromatic nitrogens is 3. The molecule has 0 aliphatic heterocycles. The number of methoxy groups -OCH3 is 1. The lowest BCUT2D eigenvalue weighted by Crippen LogP contribution is -2.16. The van der Waals surface area contributed by atoms with Crippen LogP contribution < -0.4 is 5.32 Å². The lowest BCUT2D eigenvalue weighted by molar-refractivity contribution is 0.0600. The molecule has 0 saturated carbocycles. The Labute approximate surface area is 160 Å². The van der Waals surface area contributed by atoms with E-state index < -0.39 is 17.7 Å². The number of carbonyl (C=O) groups is 2. The Morgan fingerprint density at radius 1 is 1.21 bits per heavy atom. The number of rotatable bonds is 4. The molecule has 0 fully saturated rings. The summed E-state index contributed by atoms with van der Waals surface area (Å²) in [5, 5.41) is 7.04. The highest BCUT2D eigenvalue weighted by Gasteiger charge is 2.28. The number of carbonyl (C=O) groups excluding carboxylic acids is 2. The number of amides is 1. The minimum atomic E-state index is -0.525. The third-order valence-electron chi connectivity index (χ3n) is 4.65. The summed E-state index contributed by atoms with van der Waals surface area (Å²) in [4.78, 5) is 28.5. The third-order valence-corrected chi connectivity index (χ3v) is 4.65. The number of anilines is 1. The van der Waals surface area contributed by atoms with Gasteiger partial charge >= 0.3 is 5.97 Å². The van der Waals surface area contributed by atoms with Crippen molar-refractivity contribution < 1.29 is 18.7 Å². The van der Waals surface area contributed by atoms with Crippen LogP contribution in [0.2, 0.25) is 0 Å². The van der Waals surface area contributed by atoms with Crippen LogP contribution in [0.4, 0.5) is 10.2 Å². The SMILES string of the molecule is COC(=O)c1ccnc(NC(=O)c2nn(-c3ccccc3F)c3c2CCC3)c1. The number of ether oxygens (including phenoxy) is 1. The van der Waals surface area contributed by atoms with Gasteiger partial charge in [0.2, 0.25) is 0 Å².